The van der Waals surface area contributed by atoms with E-state index < -0.39 is 6.10 Å². The van der Waals surface area contributed by atoms with Crippen LogP contribution >= 0.6 is 27.5 Å². The Balaban J connectivity index is 2.42. The monoisotopic (exact) mass is 301 g/mol. The van der Waals surface area contributed by atoms with Crippen LogP contribution < -0.4 is 0 Å². The average molecular weight is 303 g/mol. The Bertz CT molecular complexity index is 510. The highest BCUT2D eigenvalue weighted by molar-refractivity contribution is 9.10. The molecule has 0 aliphatic rings. The van der Waals surface area contributed by atoms with Gasteiger partial charge >= 0.3 is 0 Å². The van der Waals surface area contributed by atoms with Gasteiger partial charge in [-0.15, -0.1) is 0 Å². The molecule has 2 rings (SSSR count). The van der Waals surface area contributed by atoms with E-state index in [1.54, 1.807) is 25.1 Å². The molecule has 0 aliphatic carbocycles. The van der Waals surface area contributed by atoms with Crippen LogP contribution in [-0.4, -0.2) is 10.3 Å². The summed E-state index contributed by atoms with van der Waals surface area (Å²) in [7, 11) is 0. The van der Waals surface area contributed by atoms with E-state index in [-0.39, 0.29) is 0 Å². The summed E-state index contributed by atoms with van der Waals surface area (Å²) in [6.45, 7) is 1.63. The standard InChI is InChI=1S/C11H9BrClNO2/c1-6(15)11-5-10(14-16-11)8-3-2-7(13)4-9(8)12/h2-6,15H,1H3. The van der Waals surface area contributed by atoms with Crippen LogP contribution in [0.3, 0.4) is 0 Å². The van der Waals surface area contributed by atoms with Crippen LogP contribution in [0.25, 0.3) is 11.3 Å². The number of aliphatic hydroxyl groups is 1. The minimum atomic E-state index is -0.660. The Morgan fingerprint density at radius 2 is 2.19 bits per heavy atom. The summed E-state index contributed by atoms with van der Waals surface area (Å²) in [6, 6.07) is 7.11. The molecular weight excluding hydrogens is 293 g/mol. The van der Waals surface area contributed by atoms with Crippen molar-refractivity contribution in [1.82, 2.24) is 5.16 Å². The summed E-state index contributed by atoms with van der Waals surface area (Å²) in [5.74, 6) is 0.442. The van der Waals surface area contributed by atoms with Gasteiger partial charge in [-0.05, 0) is 19.1 Å². The largest absolute Gasteiger partial charge is 0.385 e. The molecule has 5 heteroatoms. The fourth-order valence-electron chi connectivity index (χ4n) is 1.31. The number of rotatable bonds is 2. The SMILES string of the molecule is CC(O)c1cc(-c2ccc(Cl)cc2Br)no1. The first-order valence-corrected chi connectivity index (χ1v) is 5.85. The average Bonchev–Trinajstić information content (AvgIpc) is 2.66. The second-order valence-electron chi connectivity index (χ2n) is 3.41. The second-order valence-corrected chi connectivity index (χ2v) is 4.71. The van der Waals surface area contributed by atoms with Gasteiger partial charge in [-0.2, -0.15) is 0 Å². The van der Waals surface area contributed by atoms with Gasteiger partial charge in [-0.3, -0.25) is 0 Å². The summed E-state index contributed by atoms with van der Waals surface area (Å²) in [5.41, 5.74) is 1.54. The number of aliphatic hydroxyl groups excluding tert-OH is 1. The van der Waals surface area contributed by atoms with Crippen LogP contribution in [0.2, 0.25) is 5.02 Å². The Hall–Kier alpha value is -0.840. The van der Waals surface area contributed by atoms with Crippen LogP contribution in [0.4, 0.5) is 0 Å². The maximum atomic E-state index is 9.33. The molecule has 0 amide bonds. The normalized spacial score (nSPS) is 12.8. The van der Waals surface area contributed by atoms with E-state index in [4.69, 9.17) is 16.1 Å². The summed E-state index contributed by atoms with van der Waals surface area (Å²) < 4.78 is 5.85. The van der Waals surface area contributed by atoms with Crippen LogP contribution in [0, 0.1) is 0 Å². The third kappa shape index (κ3) is 2.29. The molecule has 84 valence electrons. The van der Waals surface area contributed by atoms with Gasteiger partial charge in [0.25, 0.3) is 0 Å². The molecule has 0 radical (unpaired) electrons. The van der Waals surface area contributed by atoms with Crippen molar-refractivity contribution in [2.45, 2.75) is 13.0 Å². The van der Waals surface area contributed by atoms with E-state index in [2.05, 4.69) is 21.1 Å². The van der Waals surface area contributed by atoms with Gasteiger partial charge in [-0.25, -0.2) is 0 Å². The summed E-state index contributed by atoms with van der Waals surface area (Å²) >= 11 is 9.25. The molecule has 1 atom stereocenters. The van der Waals surface area contributed by atoms with Crippen molar-refractivity contribution in [3.8, 4) is 11.3 Å². The van der Waals surface area contributed by atoms with Crippen molar-refractivity contribution in [3.63, 3.8) is 0 Å². The van der Waals surface area contributed by atoms with E-state index in [0.29, 0.717) is 16.5 Å². The minimum absolute atomic E-state index is 0.442. The van der Waals surface area contributed by atoms with Crippen LogP contribution in [0.5, 0.6) is 0 Å². The molecule has 1 heterocycles. The lowest BCUT2D eigenvalue weighted by molar-refractivity contribution is 0.158. The first-order chi connectivity index (χ1) is 7.58. The zero-order chi connectivity index (χ0) is 11.7. The lowest BCUT2D eigenvalue weighted by atomic mass is 10.1. The maximum absolute atomic E-state index is 9.33. The molecule has 0 aliphatic heterocycles. The molecule has 0 saturated carbocycles. The quantitative estimate of drug-likeness (QED) is 0.917. The van der Waals surface area contributed by atoms with E-state index in [1.807, 2.05) is 6.07 Å². The predicted octanol–water partition coefficient (Wildman–Crippen LogP) is 3.81. The van der Waals surface area contributed by atoms with Gasteiger partial charge in [0.2, 0.25) is 0 Å². The summed E-state index contributed by atoms with van der Waals surface area (Å²) in [6.07, 6.45) is -0.660. The smallest absolute Gasteiger partial charge is 0.165 e. The Morgan fingerprint density at radius 3 is 2.75 bits per heavy atom. The van der Waals surface area contributed by atoms with Gasteiger partial charge in [0.15, 0.2) is 5.76 Å². The molecule has 16 heavy (non-hydrogen) atoms. The zero-order valence-corrected chi connectivity index (χ0v) is 10.8. The highest BCUT2D eigenvalue weighted by Crippen LogP contribution is 2.31. The molecule has 1 unspecified atom stereocenters. The van der Waals surface area contributed by atoms with Gasteiger partial charge in [0.05, 0.1) is 0 Å². The van der Waals surface area contributed by atoms with Gasteiger partial charge < -0.3 is 9.63 Å². The van der Waals surface area contributed by atoms with Crippen LogP contribution in [-0.2, 0) is 0 Å². The summed E-state index contributed by atoms with van der Waals surface area (Å²) in [4.78, 5) is 0. The number of halogens is 2. The Kier molecular flexibility index (Phi) is 3.33. The van der Waals surface area contributed by atoms with Crippen molar-refractivity contribution >= 4 is 27.5 Å². The molecule has 2 aromatic rings. The summed E-state index contributed by atoms with van der Waals surface area (Å²) in [5, 5.41) is 13.9. The van der Waals surface area contributed by atoms with Crippen molar-refractivity contribution in [2.24, 2.45) is 0 Å². The van der Waals surface area contributed by atoms with Crippen molar-refractivity contribution < 1.29 is 9.63 Å². The van der Waals surface area contributed by atoms with E-state index >= 15 is 0 Å². The molecule has 1 aromatic heterocycles. The molecule has 1 aromatic carbocycles. The van der Waals surface area contributed by atoms with Crippen LogP contribution in [0.1, 0.15) is 18.8 Å². The molecule has 0 bridgehead atoms. The highest BCUT2D eigenvalue weighted by atomic mass is 79.9. The first kappa shape index (κ1) is 11.6. The number of nitrogens with zero attached hydrogens (tertiary/aromatic N) is 1. The third-order valence-electron chi connectivity index (χ3n) is 2.15. The number of hydrogen-bond donors (Lipinski definition) is 1. The Labute approximate surface area is 106 Å². The van der Waals surface area contributed by atoms with E-state index in [9.17, 15) is 5.11 Å². The van der Waals surface area contributed by atoms with Gasteiger partial charge in [-0.1, -0.05) is 38.8 Å². The van der Waals surface area contributed by atoms with Crippen molar-refractivity contribution in [1.29, 1.82) is 0 Å². The minimum Gasteiger partial charge on any atom is -0.385 e. The predicted molar refractivity (Wildman–Crippen MR) is 65.3 cm³/mol. The van der Waals surface area contributed by atoms with Crippen LogP contribution in [0.15, 0.2) is 33.3 Å². The zero-order valence-electron chi connectivity index (χ0n) is 8.45. The molecule has 0 spiro atoms. The fraction of sp³-hybridized carbons (Fsp3) is 0.182. The highest BCUT2D eigenvalue weighted by Gasteiger charge is 2.12. The molecule has 1 N–H and O–H groups in total. The molecule has 0 saturated heterocycles. The molecular formula is C11H9BrClNO2. The number of hydrogen-bond acceptors (Lipinski definition) is 3. The fourth-order valence-corrected chi connectivity index (χ4v) is 2.20. The number of benzene rings is 1. The first-order valence-electron chi connectivity index (χ1n) is 4.68. The van der Waals surface area contributed by atoms with Gasteiger partial charge in [0, 0.05) is 21.1 Å². The molecule has 3 nitrogen and oxygen atoms in total. The van der Waals surface area contributed by atoms with Gasteiger partial charge in [0.1, 0.15) is 11.8 Å². The third-order valence-corrected chi connectivity index (χ3v) is 3.04. The lowest BCUT2D eigenvalue weighted by Crippen LogP contribution is -1.85. The number of aromatic nitrogens is 1. The maximum Gasteiger partial charge on any atom is 0.165 e. The van der Waals surface area contributed by atoms with Crippen molar-refractivity contribution in [2.75, 3.05) is 0 Å². The molecule has 0 fully saturated rings. The Morgan fingerprint density at radius 1 is 1.44 bits per heavy atom. The van der Waals surface area contributed by atoms with Crippen molar-refractivity contribution in [3.05, 3.63) is 39.5 Å². The second kappa shape index (κ2) is 4.57. The lowest BCUT2D eigenvalue weighted by Gasteiger charge is -1.99. The topological polar surface area (TPSA) is 46.3 Å². The van der Waals surface area contributed by atoms with E-state index in [0.717, 1.165) is 10.0 Å². The van der Waals surface area contributed by atoms with E-state index in [1.165, 1.54) is 0 Å².